The SMILES string of the molecule is CN(C)C1CCN(Cc2ccc(Cl)nn2)CC1.CN(C)C1CCN(Cc2ccc(N)nn2)CC1.CN(C)C1CCNCC1.CO.Cc1ccc(Cl)nn1.ClC(Cl)Cl.ClCc1ccc(Cl)nn1.N.O=c1n(Cl)c(=O)n(Cl)c(=O)n1Cl. The Morgan fingerprint density at radius 2 is 0.861 bits per heavy atom. The van der Waals surface area contributed by atoms with Gasteiger partial charge in [-0.3, -0.25) is 9.80 Å². The zero-order chi connectivity index (χ0) is 58.9. The minimum absolute atomic E-state index is 0. The Labute approximate surface area is 512 Å². The summed E-state index contributed by atoms with van der Waals surface area (Å²) in [6.07, 6.45) is 7.55. The molecule has 8 rings (SSSR count). The maximum Gasteiger partial charge on any atom is 0.366 e. The summed E-state index contributed by atoms with van der Waals surface area (Å²) in [4.78, 5) is 44.1. The van der Waals surface area contributed by atoms with Gasteiger partial charge in [-0.25, -0.2) is 14.4 Å². The molecule has 23 nitrogen and oxygen atoms in total. The number of halogens is 10. The minimum atomic E-state index is -1.16. The quantitative estimate of drug-likeness (QED) is 0.116. The number of nitrogen functional groups attached to an aromatic ring is 1. The van der Waals surface area contributed by atoms with Crippen LogP contribution in [0.4, 0.5) is 5.82 Å². The average Bonchev–Trinajstić information content (AvgIpc) is 3.44. The fraction of sp³-hybridized carbons (Fsp3) is 0.587. The summed E-state index contributed by atoms with van der Waals surface area (Å²) in [6, 6.07) is 16.7. The first-order valence-electron chi connectivity index (χ1n) is 24.0. The van der Waals surface area contributed by atoms with E-state index in [1.54, 1.807) is 24.3 Å². The smallest absolute Gasteiger partial charge is 0.366 e. The number of hydrogen-bond donors (Lipinski definition) is 4. The van der Waals surface area contributed by atoms with E-state index in [1.165, 1.54) is 51.6 Å². The Bertz CT molecular complexity index is 2340. The van der Waals surface area contributed by atoms with Crippen molar-refractivity contribution in [3.63, 3.8) is 0 Å². The molecule has 3 aliphatic heterocycles. The molecule has 3 fully saturated rings. The van der Waals surface area contributed by atoms with Crippen LogP contribution in [0.25, 0.3) is 0 Å². The van der Waals surface area contributed by atoms with Crippen LogP contribution in [0, 0.1) is 6.92 Å². The van der Waals surface area contributed by atoms with Crippen LogP contribution in [0.5, 0.6) is 0 Å². The van der Waals surface area contributed by atoms with Crippen LogP contribution in [0.3, 0.4) is 0 Å². The van der Waals surface area contributed by atoms with E-state index in [0.29, 0.717) is 27.2 Å². The summed E-state index contributed by atoms with van der Waals surface area (Å²) in [5.74, 6) is 0.865. The number of aryl methyl sites for hydroxylation is 1. The molecule has 79 heavy (non-hydrogen) atoms. The topological polar surface area (TPSA) is 279 Å². The van der Waals surface area contributed by atoms with Crippen LogP contribution < -0.4 is 34.3 Å². The molecule has 0 spiro atoms. The van der Waals surface area contributed by atoms with E-state index >= 15 is 0 Å². The molecule has 7 N–H and O–H groups in total. The third-order valence-corrected chi connectivity index (χ3v) is 13.2. The summed E-state index contributed by atoms with van der Waals surface area (Å²) in [6.45, 7) is 10.6. The van der Waals surface area contributed by atoms with Crippen molar-refractivity contribution in [2.75, 3.05) is 94.4 Å². The van der Waals surface area contributed by atoms with E-state index < -0.39 is 21.4 Å². The van der Waals surface area contributed by atoms with Gasteiger partial charge in [0.25, 0.3) is 0 Å². The average molecular weight is 1310 g/mol. The third kappa shape index (κ3) is 32.5. The molecule has 0 saturated carbocycles. The molecule has 0 atom stereocenters. The predicted octanol–water partition coefficient (Wildman–Crippen LogP) is 6.78. The Kier molecular flexibility index (Phi) is 41.3. The van der Waals surface area contributed by atoms with Crippen LogP contribution in [-0.4, -0.2) is 194 Å². The molecule has 0 aromatic carbocycles. The number of aromatic nitrogens is 11. The van der Waals surface area contributed by atoms with Gasteiger partial charge < -0.3 is 37.0 Å². The molecule has 3 aliphatic rings. The second-order valence-corrected chi connectivity index (χ2v) is 22.0. The van der Waals surface area contributed by atoms with Gasteiger partial charge in [-0.05, 0) is 149 Å². The number of piperidine rings is 3. The Hall–Kier alpha value is -2.89. The lowest BCUT2D eigenvalue weighted by molar-refractivity contribution is 0.138. The predicted molar refractivity (Wildman–Crippen MR) is 323 cm³/mol. The summed E-state index contributed by atoms with van der Waals surface area (Å²) >= 11 is 51.8. The fourth-order valence-corrected chi connectivity index (χ4v) is 8.14. The van der Waals surface area contributed by atoms with Crippen molar-refractivity contribution >= 4 is 122 Å². The Morgan fingerprint density at radius 3 is 1.13 bits per heavy atom. The second-order valence-electron chi connectivity index (χ2n) is 17.6. The number of anilines is 1. The number of likely N-dealkylation sites (tertiary alicyclic amines) is 2. The van der Waals surface area contributed by atoms with Crippen molar-refractivity contribution < 1.29 is 5.11 Å². The highest BCUT2D eigenvalue weighted by Gasteiger charge is 2.22. The van der Waals surface area contributed by atoms with Crippen molar-refractivity contribution in [2.24, 2.45) is 0 Å². The third-order valence-electron chi connectivity index (χ3n) is 11.4. The van der Waals surface area contributed by atoms with Crippen LogP contribution in [-0.2, 0) is 19.0 Å². The molecule has 8 heterocycles. The number of aliphatic hydroxyl groups is 1. The highest BCUT2D eigenvalue weighted by Crippen LogP contribution is 2.18. The number of aliphatic hydroxyl groups excluding tert-OH is 1. The molecule has 0 amide bonds. The molecule has 0 aliphatic carbocycles. The van der Waals surface area contributed by atoms with E-state index in [-0.39, 0.29) is 18.4 Å². The molecule has 5 aromatic heterocycles. The van der Waals surface area contributed by atoms with Crippen LogP contribution in [0.15, 0.2) is 62.9 Å². The van der Waals surface area contributed by atoms with Gasteiger partial charge in [0.15, 0.2) is 19.8 Å². The van der Waals surface area contributed by atoms with E-state index in [9.17, 15) is 14.4 Å². The molecule has 0 radical (unpaired) electrons. The molecule has 0 bridgehead atoms. The molecule has 446 valence electrons. The number of nitrogens with two attached hydrogens (primary N) is 1. The van der Waals surface area contributed by atoms with Crippen molar-refractivity contribution in [1.82, 2.24) is 89.0 Å². The van der Waals surface area contributed by atoms with Crippen molar-refractivity contribution in [1.29, 1.82) is 0 Å². The zero-order valence-corrected chi connectivity index (χ0v) is 53.0. The molecule has 5 aromatic rings. The Balaban J connectivity index is 0.000000922. The lowest BCUT2D eigenvalue weighted by Gasteiger charge is -2.34. The van der Waals surface area contributed by atoms with Crippen LogP contribution in [0.1, 0.15) is 61.3 Å². The van der Waals surface area contributed by atoms with Gasteiger partial charge in [-0.1, -0.05) is 69.6 Å². The summed E-state index contributed by atoms with van der Waals surface area (Å²) < 4.78 is -0.496. The lowest BCUT2D eigenvalue weighted by Crippen LogP contribution is -2.47. The molecule has 3 saturated heterocycles. The maximum absolute atomic E-state index is 10.8. The second kappa shape index (κ2) is 42.9. The first kappa shape index (κ1) is 76.1. The number of alkyl halides is 4. The van der Waals surface area contributed by atoms with Crippen LogP contribution in [0.2, 0.25) is 15.5 Å². The highest BCUT2D eigenvalue weighted by molar-refractivity contribution is 6.63. The van der Waals surface area contributed by atoms with E-state index in [2.05, 4.69) is 113 Å². The maximum atomic E-state index is 10.8. The minimum Gasteiger partial charge on any atom is -0.400 e. The summed E-state index contributed by atoms with van der Waals surface area (Å²) in [5, 5.41) is 42.1. The lowest BCUT2D eigenvalue weighted by atomic mass is 10.0. The van der Waals surface area contributed by atoms with Crippen molar-refractivity contribution in [2.45, 2.75) is 86.8 Å². The molecule has 33 heteroatoms. The monoisotopic (exact) mass is 1310 g/mol. The number of nitrogens with zero attached hydrogens (tertiary/aromatic N) is 16. The van der Waals surface area contributed by atoms with Gasteiger partial charge in [0, 0.05) is 99.8 Å². The highest BCUT2D eigenvalue weighted by atomic mass is 35.6. The summed E-state index contributed by atoms with van der Waals surface area (Å²) in [5.41, 5.74) is 5.65. The molecular formula is C46H73Cl10N19O4. The van der Waals surface area contributed by atoms with E-state index in [4.69, 9.17) is 127 Å². The van der Waals surface area contributed by atoms with Crippen molar-refractivity contribution in [3.05, 3.63) is 118 Å². The standard InChI is InChI=1S/C12H19ClN4.C12H21N5.C7H16N2.C5H4Cl2N2.C5H5ClN2.C3Cl3N3O3.CHCl3.CH4O.H3N/c2*1-16(2)11-5-7-17(8-6-11)9-10-3-4-12(13)15-14-10;1-9(2)7-3-5-8-6-4-7;6-3-4-1-2-5(7)9-8-4;1-4-2-3-5(6)8-7-4;4-7-1(10)8(5)3(12)9(6)2(7)11;2-1(3)4;1-2;/h3-4,11H,5-9H2,1-2H3;3-4,11H,5-9H2,1-2H3,(H2,13,15);7-8H,3-6H2,1-2H3;1-2H,3H2;2-3H,1H3;;1H;2H,1H3;1H3. The van der Waals surface area contributed by atoms with E-state index in [0.717, 1.165) is 87.3 Å². The van der Waals surface area contributed by atoms with Crippen molar-refractivity contribution in [3.8, 4) is 0 Å². The van der Waals surface area contributed by atoms with Gasteiger partial charge >= 0.3 is 17.1 Å². The number of rotatable bonds is 8. The summed E-state index contributed by atoms with van der Waals surface area (Å²) in [7, 11) is 14.0. The van der Waals surface area contributed by atoms with Gasteiger partial charge in [0.05, 0.1) is 28.7 Å². The fourth-order valence-electron chi connectivity index (χ4n) is 7.13. The first-order chi connectivity index (χ1) is 36.9. The molecule has 0 unspecified atom stereocenters. The number of nitrogens with one attached hydrogen (secondary N) is 1. The van der Waals surface area contributed by atoms with Gasteiger partial charge in [0.1, 0.15) is 5.82 Å². The van der Waals surface area contributed by atoms with Gasteiger partial charge in [-0.2, -0.15) is 20.4 Å². The van der Waals surface area contributed by atoms with Crippen LogP contribution >= 0.6 is 117 Å². The van der Waals surface area contributed by atoms with Gasteiger partial charge in [0.2, 0.25) is 0 Å². The molecular weight excluding hydrogens is 1240 g/mol. The normalized spacial score (nSPS) is 14.8. The zero-order valence-electron chi connectivity index (χ0n) is 45.4. The first-order valence-corrected chi connectivity index (χ1v) is 28.0. The van der Waals surface area contributed by atoms with Gasteiger partial charge in [-0.15, -0.1) is 44.3 Å². The largest absolute Gasteiger partial charge is 0.400 e. The van der Waals surface area contributed by atoms with E-state index in [1.807, 2.05) is 31.2 Å². The Morgan fingerprint density at radius 1 is 0.544 bits per heavy atom. The number of hydrogen-bond acceptors (Lipinski definition) is 20.